The van der Waals surface area contributed by atoms with Crippen molar-refractivity contribution in [2.24, 2.45) is 0 Å². The number of benzene rings is 1. The Morgan fingerprint density at radius 3 is 2.74 bits per heavy atom. The van der Waals surface area contributed by atoms with Crippen molar-refractivity contribution < 1.29 is 19.0 Å². The number of fused-ring (bicyclic) bond motifs is 1. The topological polar surface area (TPSA) is 52.9 Å². The molecule has 23 heavy (non-hydrogen) atoms. The fourth-order valence-corrected chi connectivity index (χ4v) is 2.45. The zero-order valence-electron chi connectivity index (χ0n) is 14.2. The Labute approximate surface area is 136 Å². The second-order valence-electron chi connectivity index (χ2n) is 5.64. The van der Waals surface area contributed by atoms with Gasteiger partial charge in [-0.15, -0.1) is 0 Å². The number of esters is 1. The van der Waals surface area contributed by atoms with Crippen LogP contribution in [0.5, 0.6) is 5.75 Å². The molecule has 1 aromatic carbocycles. The molecule has 2 aromatic rings. The molecule has 0 aliphatic heterocycles. The van der Waals surface area contributed by atoms with E-state index in [1.807, 2.05) is 43.1 Å². The van der Waals surface area contributed by atoms with Gasteiger partial charge < -0.3 is 23.7 Å². The Morgan fingerprint density at radius 2 is 2.09 bits per heavy atom. The highest BCUT2D eigenvalue weighted by atomic mass is 16.7. The maximum absolute atomic E-state index is 11.1. The number of carbonyl (C=O) groups excluding carboxylic acids is 1. The quantitative estimate of drug-likeness (QED) is 0.551. The Balaban J connectivity index is 2.41. The van der Waals surface area contributed by atoms with Gasteiger partial charge in [-0.05, 0) is 38.2 Å². The highest BCUT2D eigenvalue weighted by Crippen LogP contribution is 2.31. The van der Waals surface area contributed by atoms with Crippen molar-refractivity contribution in [3.8, 4) is 5.75 Å². The van der Waals surface area contributed by atoms with Crippen LogP contribution in [0.3, 0.4) is 0 Å². The molecule has 0 atom stereocenters. The van der Waals surface area contributed by atoms with Gasteiger partial charge in [-0.25, -0.2) is 0 Å². The number of hydrogen-bond donors (Lipinski definition) is 0. The van der Waals surface area contributed by atoms with E-state index >= 15 is 0 Å². The molecule has 0 fully saturated rings. The van der Waals surface area contributed by atoms with Crippen molar-refractivity contribution in [3.63, 3.8) is 0 Å². The summed E-state index contributed by atoms with van der Waals surface area (Å²) < 4.78 is 17.8. The molecule has 6 nitrogen and oxygen atoms in total. The number of methoxy groups -OCH3 is 1. The van der Waals surface area contributed by atoms with Crippen molar-refractivity contribution in [1.29, 1.82) is 0 Å². The van der Waals surface area contributed by atoms with Gasteiger partial charge >= 0.3 is 5.97 Å². The van der Waals surface area contributed by atoms with Crippen LogP contribution >= 0.6 is 0 Å². The first-order chi connectivity index (χ1) is 11.0. The fourth-order valence-electron chi connectivity index (χ4n) is 2.45. The molecular weight excluding hydrogens is 296 g/mol. The summed E-state index contributed by atoms with van der Waals surface area (Å²) in [6, 6.07) is 5.85. The Kier molecular flexibility index (Phi) is 6.01. The van der Waals surface area contributed by atoms with Crippen LogP contribution in [0.1, 0.15) is 12.5 Å². The SMILES string of the molecule is COCOc1cccc2c1c(CCN(C)C)cn2COC(C)=O. The van der Waals surface area contributed by atoms with Gasteiger partial charge in [-0.3, -0.25) is 4.79 Å². The fraction of sp³-hybridized carbons (Fsp3) is 0.471. The van der Waals surface area contributed by atoms with Crippen LogP contribution in [0.2, 0.25) is 0 Å². The van der Waals surface area contributed by atoms with E-state index in [-0.39, 0.29) is 19.5 Å². The van der Waals surface area contributed by atoms with Crippen LogP contribution in [0.4, 0.5) is 0 Å². The van der Waals surface area contributed by atoms with Gasteiger partial charge in [0.15, 0.2) is 13.5 Å². The first kappa shape index (κ1) is 17.3. The van der Waals surface area contributed by atoms with E-state index in [1.54, 1.807) is 7.11 Å². The molecule has 0 radical (unpaired) electrons. The lowest BCUT2D eigenvalue weighted by Gasteiger charge is -2.10. The van der Waals surface area contributed by atoms with Gasteiger partial charge in [-0.2, -0.15) is 0 Å². The first-order valence-electron chi connectivity index (χ1n) is 7.53. The average molecular weight is 320 g/mol. The second kappa shape index (κ2) is 7.99. The summed E-state index contributed by atoms with van der Waals surface area (Å²) in [6.07, 6.45) is 2.90. The Morgan fingerprint density at radius 1 is 1.30 bits per heavy atom. The van der Waals surface area contributed by atoms with Crippen molar-refractivity contribution >= 4 is 16.9 Å². The van der Waals surface area contributed by atoms with Crippen LogP contribution in [0.25, 0.3) is 10.9 Å². The van der Waals surface area contributed by atoms with Gasteiger partial charge in [0, 0.05) is 32.2 Å². The summed E-state index contributed by atoms with van der Waals surface area (Å²) in [5.41, 5.74) is 2.14. The molecule has 0 unspecified atom stereocenters. The van der Waals surface area contributed by atoms with Crippen molar-refractivity contribution in [3.05, 3.63) is 30.0 Å². The summed E-state index contributed by atoms with van der Waals surface area (Å²) in [4.78, 5) is 13.2. The summed E-state index contributed by atoms with van der Waals surface area (Å²) >= 11 is 0. The summed E-state index contributed by atoms with van der Waals surface area (Å²) in [5.74, 6) is 0.480. The van der Waals surface area contributed by atoms with E-state index in [0.717, 1.165) is 35.2 Å². The molecule has 0 amide bonds. The molecular formula is C17H24N2O4. The minimum absolute atomic E-state index is 0.196. The van der Waals surface area contributed by atoms with E-state index in [9.17, 15) is 4.79 Å². The molecule has 1 aromatic heterocycles. The maximum atomic E-state index is 11.1. The zero-order valence-corrected chi connectivity index (χ0v) is 14.2. The largest absolute Gasteiger partial charge is 0.467 e. The van der Waals surface area contributed by atoms with Crippen LogP contribution in [0.15, 0.2) is 24.4 Å². The number of rotatable bonds is 8. The Bertz CT molecular complexity index is 664. The third kappa shape index (κ3) is 4.46. The molecule has 0 N–H and O–H groups in total. The van der Waals surface area contributed by atoms with E-state index in [1.165, 1.54) is 6.92 Å². The minimum atomic E-state index is -0.298. The molecule has 126 valence electrons. The van der Waals surface area contributed by atoms with Crippen molar-refractivity contribution in [2.75, 3.05) is 34.5 Å². The number of aromatic nitrogens is 1. The normalized spacial score (nSPS) is 11.2. The zero-order chi connectivity index (χ0) is 16.8. The molecule has 2 rings (SSSR count). The molecule has 0 bridgehead atoms. The molecule has 1 heterocycles. The van der Waals surface area contributed by atoms with E-state index < -0.39 is 0 Å². The van der Waals surface area contributed by atoms with Gasteiger partial charge in [0.1, 0.15) is 5.75 Å². The smallest absolute Gasteiger partial charge is 0.304 e. The van der Waals surface area contributed by atoms with Crippen molar-refractivity contribution in [1.82, 2.24) is 9.47 Å². The third-order valence-electron chi connectivity index (χ3n) is 3.51. The van der Waals surface area contributed by atoms with Gasteiger partial charge in [0.2, 0.25) is 0 Å². The molecule has 0 saturated carbocycles. The summed E-state index contributed by atoms with van der Waals surface area (Å²) in [5, 5.41) is 1.04. The lowest BCUT2D eigenvalue weighted by atomic mass is 10.1. The van der Waals surface area contributed by atoms with Gasteiger partial charge in [0.05, 0.1) is 5.52 Å². The predicted molar refractivity (Wildman–Crippen MR) is 88.5 cm³/mol. The number of likely N-dealkylation sites (N-methyl/N-ethyl adjacent to an activating group) is 1. The standard InChI is InChI=1S/C17H24N2O4/c1-13(20)22-11-19-10-14(8-9-18(2)3)17-15(19)6-5-7-16(17)23-12-21-4/h5-7,10H,8-9,11-12H2,1-4H3. The van der Waals surface area contributed by atoms with Crippen LogP contribution in [0, 0.1) is 0 Å². The Hall–Kier alpha value is -2.05. The summed E-state index contributed by atoms with van der Waals surface area (Å²) in [7, 11) is 5.68. The van der Waals surface area contributed by atoms with E-state index in [4.69, 9.17) is 14.2 Å². The lowest BCUT2D eigenvalue weighted by Crippen LogP contribution is -2.15. The van der Waals surface area contributed by atoms with Crippen LogP contribution < -0.4 is 4.74 Å². The molecule has 0 saturated heterocycles. The molecule has 6 heteroatoms. The van der Waals surface area contributed by atoms with Crippen LogP contribution in [-0.4, -0.2) is 50.0 Å². The number of hydrogen-bond acceptors (Lipinski definition) is 5. The van der Waals surface area contributed by atoms with E-state index in [2.05, 4.69) is 4.90 Å². The second-order valence-corrected chi connectivity index (χ2v) is 5.64. The monoisotopic (exact) mass is 320 g/mol. The van der Waals surface area contributed by atoms with Crippen LogP contribution in [-0.2, 0) is 27.4 Å². The van der Waals surface area contributed by atoms with Gasteiger partial charge in [-0.1, -0.05) is 6.07 Å². The number of carbonyl (C=O) groups is 1. The first-order valence-corrected chi connectivity index (χ1v) is 7.53. The van der Waals surface area contributed by atoms with E-state index in [0.29, 0.717) is 0 Å². The maximum Gasteiger partial charge on any atom is 0.304 e. The molecule has 0 spiro atoms. The number of ether oxygens (including phenoxy) is 3. The highest BCUT2D eigenvalue weighted by Gasteiger charge is 2.14. The minimum Gasteiger partial charge on any atom is -0.467 e. The lowest BCUT2D eigenvalue weighted by molar-refractivity contribution is -0.144. The highest BCUT2D eigenvalue weighted by molar-refractivity contribution is 5.90. The molecule has 0 aliphatic carbocycles. The third-order valence-corrected chi connectivity index (χ3v) is 3.51. The number of nitrogens with zero attached hydrogens (tertiary/aromatic N) is 2. The predicted octanol–water partition coefficient (Wildman–Crippen LogP) is 2.25. The molecule has 0 aliphatic rings. The van der Waals surface area contributed by atoms with Gasteiger partial charge in [0.25, 0.3) is 0 Å². The summed E-state index contributed by atoms with van der Waals surface area (Å²) in [6.45, 7) is 2.72. The van der Waals surface area contributed by atoms with Crippen molar-refractivity contribution in [2.45, 2.75) is 20.1 Å². The average Bonchev–Trinajstić information content (AvgIpc) is 2.87.